The molecule has 3 unspecified atom stereocenters. The van der Waals surface area contributed by atoms with Crippen molar-refractivity contribution in [3.05, 3.63) is 59.5 Å². The van der Waals surface area contributed by atoms with Crippen molar-refractivity contribution < 1.29 is 14.0 Å². The first-order chi connectivity index (χ1) is 13.3. The summed E-state index contributed by atoms with van der Waals surface area (Å²) in [6.07, 6.45) is 2.22. The molecule has 2 saturated heterocycles. The van der Waals surface area contributed by atoms with E-state index in [2.05, 4.69) is 55.9 Å². The van der Waals surface area contributed by atoms with Crippen LogP contribution in [-0.2, 0) is 10.2 Å². The largest absolute Gasteiger partial charge is 0.461 e. The Bertz CT molecular complexity index is 852. The van der Waals surface area contributed by atoms with Crippen molar-refractivity contribution in [2.45, 2.75) is 44.7 Å². The Morgan fingerprint density at radius 3 is 2.50 bits per heavy atom. The molecule has 2 aliphatic heterocycles. The van der Waals surface area contributed by atoms with Gasteiger partial charge < -0.3 is 9.32 Å². The topological polar surface area (TPSA) is 74.6 Å². The van der Waals surface area contributed by atoms with E-state index in [4.69, 9.17) is 4.42 Å². The van der Waals surface area contributed by atoms with Crippen LogP contribution in [0, 0.1) is 5.92 Å². The van der Waals surface area contributed by atoms with Crippen molar-refractivity contribution in [2.75, 3.05) is 13.1 Å². The summed E-state index contributed by atoms with van der Waals surface area (Å²) in [6.45, 7) is 7.72. The molecule has 148 valence electrons. The van der Waals surface area contributed by atoms with Gasteiger partial charge in [-0.05, 0) is 35.1 Å². The first kappa shape index (κ1) is 18.9. The molecule has 6 nitrogen and oxygen atoms in total. The lowest BCUT2D eigenvalue weighted by atomic mass is 9.82. The van der Waals surface area contributed by atoms with Crippen LogP contribution >= 0.6 is 0 Å². The van der Waals surface area contributed by atoms with Gasteiger partial charge in [-0.3, -0.25) is 15.0 Å². The van der Waals surface area contributed by atoms with Crippen LogP contribution in [0.15, 0.2) is 47.1 Å². The molecule has 2 aliphatic rings. The van der Waals surface area contributed by atoms with Crippen LogP contribution in [0.1, 0.15) is 54.9 Å². The van der Waals surface area contributed by atoms with Crippen LogP contribution in [0.25, 0.3) is 0 Å². The van der Waals surface area contributed by atoms with Crippen LogP contribution in [0.5, 0.6) is 0 Å². The smallest absolute Gasteiger partial charge is 0.298 e. The summed E-state index contributed by atoms with van der Waals surface area (Å²) in [5.41, 5.74) is 9.38. The van der Waals surface area contributed by atoms with Gasteiger partial charge in [0.25, 0.3) is 11.7 Å². The number of benzene rings is 1. The maximum Gasteiger partial charge on any atom is 0.298 e. The Labute approximate surface area is 165 Å². The first-order valence-corrected chi connectivity index (χ1v) is 9.83. The number of carbonyl (C=O) groups is 2. The normalized spacial score (nSPS) is 24.8. The molecule has 28 heavy (non-hydrogen) atoms. The molecule has 6 heteroatoms. The molecule has 0 saturated carbocycles. The molecule has 2 aromatic rings. The maximum absolute atomic E-state index is 12.7. The summed E-state index contributed by atoms with van der Waals surface area (Å²) < 4.78 is 5.10. The van der Waals surface area contributed by atoms with E-state index in [-0.39, 0.29) is 29.2 Å². The van der Waals surface area contributed by atoms with Crippen molar-refractivity contribution >= 4 is 11.7 Å². The quantitative estimate of drug-likeness (QED) is 0.632. The van der Waals surface area contributed by atoms with Gasteiger partial charge in [0.15, 0.2) is 5.76 Å². The van der Waals surface area contributed by atoms with E-state index in [1.54, 1.807) is 11.0 Å². The number of amides is 1. The van der Waals surface area contributed by atoms with E-state index in [0.29, 0.717) is 13.1 Å². The van der Waals surface area contributed by atoms with Gasteiger partial charge in [-0.2, -0.15) is 0 Å². The Morgan fingerprint density at radius 1 is 1.11 bits per heavy atom. The summed E-state index contributed by atoms with van der Waals surface area (Å²) >= 11 is 0. The minimum absolute atomic E-state index is 0.101. The number of hydrazine groups is 1. The fraction of sp³-hybridized carbons (Fsp3) is 0.455. The van der Waals surface area contributed by atoms with Gasteiger partial charge in [0.2, 0.25) is 0 Å². The molecule has 2 N–H and O–H groups in total. The fourth-order valence-electron chi connectivity index (χ4n) is 4.16. The molecule has 0 bridgehead atoms. The Hall–Kier alpha value is -2.44. The number of fused-ring (bicyclic) bond motifs is 1. The predicted octanol–water partition coefficient (Wildman–Crippen LogP) is 2.83. The number of hydrogen-bond acceptors (Lipinski definition) is 5. The second-order valence-corrected chi connectivity index (χ2v) is 8.75. The number of hydrogen-bond donors (Lipinski definition) is 2. The van der Waals surface area contributed by atoms with E-state index in [1.807, 2.05) is 0 Å². The third-order valence-corrected chi connectivity index (χ3v) is 5.87. The summed E-state index contributed by atoms with van der Waals surface area (Å²) in [5.74, 6) is -0.748. The average Bonchev–Trinajstić information content (AvgIpc) is 3.35. The number of carbonyl (C=O) groups excluding carboxylic acids is 2. The molecule has 4 rings (SSSR count). The number of ketones is 1. The highest BCUT2D eigenvalue weighted by atomic mass is 16.3. The zero-order chi connectivity index (χ0) is 19.9. The SMILES string of the molecule is CC(C)(C)c1ccc(C2NNC3CCN(C(=O)C(=O)c4ccco4)CC32)cc1. The predicted molar refractivity (Wildman–Crippen MR) is 106 cm³/mol. The van der Waals surface area contributed by atoms with Crippen LogP contribution in [-0.4, -0.2) is 35.7 Å². The number of Topliss-reactive ketones (excluding diaryl/α,β-unsaturated/α-hetero) is 1. The fourth-order valence-corrected chi connectivity index (χ4v) is 4.16. The molecule has 0 spiro atoms. The number of rotatable bonds is 3. The highest BCUT2D eigenvalue weighted by Crippen LogP contribution is 2.34. The average molecular weight is 381 g/mol. The Balaban J connectivity index is 1.49. The number of piperidine rings is 1. The van der Waals surface area contributed by atoms with Gasteiger partial charge in [0.1, 0.15) is 0 Å². The van der Waals surface area contributed by atoms with Crippen LogP contribution in [0.2, 0.25) is 0 Å². The minimum Gasteiger partial charge on any atom is -0.461 e. The summed E-state index contributed by atoms with van der Waals surface area (Å²) in [4.78, 5) is 26.7. The summed E-state index contributed by atoms with van der Waals surface area (Å²) in [6, 6.07) is 12.2. The molecule has 3 heterocycles. The Morgan fingerprint density at radius 2 is 1.86 bits per heavy atom. The van der Waals surface area contributed by atoms with Gasteiger partial charge >= 0.3 is 0 Å². The zero-order valence-corrected chi connectivity index (χ0v) is 16.6. The van der Waals surface area contributed by atoms with E-state index in [0.717, 1.165) is 6.42 Å². The molecule has 1 amide bonds. The standard InChI is InChI=1S/C22H27N3O3/c1-22(2,3)15-8-6-14(7-9-15)19-16-13-25(11-10-17(16)23-24-19)21(27)20(26)18-5-4-12-28-18/h4-9,12,16-17,19,23-24H,10-11,13H2,1-3H3. The third-order valence-electron chi connectivity index (χ3n) is 5.87. The molecular formula is C22H27N3O3. The lowest BCUT2D eigenvalue weighted by Crippen LogP contribution is -2.49. The lowest BCUT2D eigenvalue weighted by Gasteiger charge is -2.35. The number of nitrogens with one attached hydrogen (secondary N) is 2. The maximum atomic E-state index is 12.7. The van der Waals surface area contributed by atoms with E-state index in [1.165, 1.54) is 23.5 Å². The second-order valence-electron chi connectivity index (χ2n) is 8.75. The molecule has 3 atom stereocenters. The van der Waals surface area contributed by atoms with Crippen molar-refractivity contribution in [3.63, 3.8) is 0 Å². The van der Waals surface area contributed by atoms with Gasteiger partial charge in [-0.1, -0.05) is 45.0 Å². The van der Waals surface area contributed by atoms with Crippen LogP contribution in [0.4, 0.5) is 0 Å². The highest BCUT2D eigenvalue weighted by molar-refractivity contribution is 6.41. The zero-order valence-electron chi connectivity index (χ0n) is 16.6. The van der Waals surface area contributed by atoms with Crippen molar-refractivity contribution in [2.24, 2.45) is 5.92 Å². The second kappa shape index (κ2) is 7.18. The first-order valence-electron chi connectivity index (χ1n) is 9.83. The molecule has 2 fully saturated rings. The molecule has 0 aliphatic carbocycles. The number of furan rings is 1. The monoisotopic (exact) mass is 381 g/mol. The van der Waals surface area contributed by atoms with Gasteiger partial charge in [0.05, 0.1) is 12.3 Å². The van der Waals surface area contributed by atoms with Crippen molar-refractivity contribution in [1.29, 1.82) is 0 Å². The third kappa shape index (κ3) is 3.50. The van der Waals surface area contributed by atoms with Gasteiger partial charge in [-0.25, -0.2) is 5.43 Å². The van der Waals surface area contributed by atoms with Gasteiger partial charge in [-0.15, -0.1) is 0 Å². The molecule has 1 aromatic heterocycles. The van der Waals surface area contributed by atoms with E-state index >= 15 is 0 Å². The summed E-state index contributed by atoms with van der Waals surface area (Å²) in [5, 5.41) is 0. The Kier molecular flexibility index (Phi) is 4.85. The highest BCUT2D eigenvalue weighted by Gasteiger charge is 2.42. The van der Waals surface area contributed by atoms with Crippen LogP contribution < -0.4 is 10.9 Å². The molecule has 1 aromatic carbocycles. The minimum atomic E-state index is -0.576. The lowest BCUT2D eigenvalue weighted by molar-refractivity contribution is -0.128. The molecule has 0 radical (unpaired) electrons. The van der Waals surface area contributed by atoms with Gasteiger partial charge in [0, 0.05) is 25.0 Å². The van der Waals surface area contributed by atoms with E-state index < -0.39 is 11.7 Å². The van der Waals surface area contributed by atoms with Crippen LogP contribution in [0.3, 0.4) is 0 Å². The molecular weight excluding hydrogens is 354 g/mol. The van der Waals surface area contributed by atoms with Crippen molar-refractivity contribution in [3.8, 4) is 0 Å². The number of likely N-dealkylation sites (tertiary alicyclic amines) is 1. The van der Waals surface area contributed by atoms with Crippen molar-refractivity contribution in [1.82, 2.24) is 15.8 Å². The summed E-state index contributed by atoms with van der Waals surface area (Å²) in [7, 11) is 0. The van der Waals surface area contributed by atoms with E-state index in [9.17, 15) is 9.59 Å². The number of nitrogens with zero attached hydrogens (tertiary/aromatic N) is 1.